The third-order valence-corrected chi connectivity index (χ3v) is 4.16. The van der Waals surface area contributed by atoms with E-state index in [1.54, 1.807) is 0 Å². The Hall–Kier alpha value is -2.57. The fraction of sp³-hybridized carbons (Fsp3) is 0.471. The van der Waals surface area contributed by atoms with Gasteiger partial charge in [0.05, 0.1) is 0 Å². The van der Waals surface area contributed by atoms with E-state index in [9.17, 15) is 14.4 Å². The summed E-state index contributed by atoms with van der Waals surface area (Å²) in [6, 6.07) is 8.20. The molecule has 2 rings (SSSR count). The summed E-state index contributed by atoms with van der Waals surface area (Å²) in [6.45, 7) is 1.49. The molecule has 1 atom stereocenters. The molecule has 0 unspecified atom stereocenters. The number of ether oxygens (including phenoxy) is 1. The first kappa shape index (κ1) is 17.8. The zero-order valence-electron chi connectivity index (χ0n) is 13.6. The molecule has 1 aliphatic rings. The summed E-state index contributed by atoms with van der Waals surface area (Å²) >= 11 is 0. The number of hydrogen-bond acceptors (Lipinski definition) is 4. The van der Waals surface area contributed by atoms with Crippen LogP contribution >= 0.6 is 0 Å². The molecule has 1 aromatic rings. The highest BCUT2D eigenvalue weighted by atomic mass is 16.5. The van der Waals surface area contributed by atoms with E-state index in [2.05, 4.69) is 10.6 Å². The highest BCUT2D eigenvalue weighted by Crippen LogP contribution is 2.30. The van der Waals surface area contributed by atoms with Gasteiger partial charge in [-0.2, -0.15) is 0 Å². The van der Waals surface area contributed by atoms with Crippen LogP contribution in [0, 0.1) is 0 Å². The number of carbonyl (C=O) groups excluding carboxylic acids is 2. The second-order valence-corrected chi connectivity index (χ2v) is 6.01. The van der Waals surface area contributed by atoms with Crippen molar-refractivity contribution in [1.82, 2.24) is 10.6 Å². The lowest BCUT2D eigenvalue weighted by molar-refractivity contribution is -0.142. The Labute approximate surface area is 140 Å². The second-order valence-electron chi connectivity index (χ2n) is 6.01. The molecule has 7 nitrogen and oxygen atoms in total. The fourth-order valence-electron chi connectivity index (χ4n) is 2.74. The quantitative estimate of drug-likeness (QED) is 0.736. The van der Waals surface area contributed by atoms with Crippen molar-refractivity contribution in [3.05, 3.63) is 35.9 Å². The first-order chi connectivity index (χ1) is 11.4. The van der Waals surface area contributed by atoms with Gasteiger partial charge in [0, 0.05) is 0 Å². The number of carbonyl (C=O) groups is 3. The van der Waals surface area contributed by atoms with Crippen molar-refractivity contribution in [2.75, 3.05) is 0 Å². The van der Waals surface area contributed by atoms with Crippen LogP contribution in [-0.4, -0.2) is 34.7 Å². The van der Waals surface area contributed by atoms with Gasteiger partial charge in [0.15, 0.2) is 0 Å². The molecule has 0 aromatic heterocycles. The minimum Gasteiger partial charge on any atom is -0.480 e. The number of rotatable bonds is 6. The van der Waals surface area contributed by atoms with Gasteiger partial charge in [-0.15, -0.1) is 0 Å². The molecule has 2 amide bonds. The Balaban J connectivity index is 1.95. The molecule has 0 bridgehead atoms. The van der Waals surface area contributed by atoms with Crippen LogP contribution in [0.3, 0.4) is 0 Å². The highest BCUT2D eigenvalue weighted by molar-refractivity contribution is 5.92. The van der Waals surface area contributed by atoms with Crippen LogP contribution in [0.2, 0.25) is 0 Å². The van der Waals surface area contributed by atoms with Gasteiger partial charge in [-0.05, 0) is 25.3 Å². The van der Waals surface area contributed by atoms with E-state index in [4.69, 9.17) is 9.84 Å². The lowest BCUT2D eigenvalue weighted by Crippen LogP contribution is -2.59. The normalized spacial score (nSPS) is 16.9. The van der Waals surface area contributed by atoms with E-state index in [1.807, 2.05) is 30.3 Å². The van der Waals surface area contributed by atoms with E-state index in [-0.39, 0.29) is 6.61 Å². The monoisotopic (exact) mass is 334 g/mol. The lowest BCUT2D eigenvalue weighted by Gasteiger charge is -2.29. The maximum Gasteiger partial charge on any atom is 0.408 e. The number of amides is 2. The van der Waals surface area contributed by atoms with Gasteiger partial charge >= 0.3 is 12.1 Å². The molecule has 0 aliphatic heterocycles. The third kappa shape index (κ3) is 4.47. The third-order valence-electron chi connectivity index (χ3n) is 4.16. The average Bonchev–Trinajstić information content (AvgIpc) is 3.03. The van der Waals surface area contributed by atoms with Crippen LogP contribution in [-0.2, 0) is 20.9 Å². The van der Waals surface area contributed by atoms with E-state index in [1.165, 1.54) is 6.92 Å². The van der Waals surface area contributed by atoms with Crippen LogP contribution in [0.15, 0.2) is 30.3 Å². The maximum atomic E-state index is 12.4. The van der Waals surface area contributed by atoms with E-state index < -0.39 is 29.6 Å². The summed E-state index contributed by atoms with van der Waals surface area (Å²) in [5.41, 5.74) is -0.255. The lowest BCUT2D eigenvalue weighted by atomic mass is 9.96. The van der Waals surface area contributed by atoms with Gasteiger partial charge in [-0.25, -0.2) is 4.79 Å². The minimum atomic E-state index is -1.12. The van der Waals surface area contributed by atoms with E-state index >= 15 is 0 Å². The van der Waals surface area contributed by atoms with Crippen molar-refractivity contribution in [1.29, 1.82) is 0 Å². The average molecular weight is 334 g/mol. The molecule has 7 heteroatoms. The molecule has 1 fully saturated rings. The molecule has 130 valence electrons. The summed E-state index contributed by atoms with van der Waals surface area (Å²) in [5, 5.41) is 14.0. The Morgan fingerprint density at radius 1 is 1.21 bits per heavy atom. The molecule has 0 saturated heterocycles. The molecule has 1 aliphatic carbocycles. The van der Waals surface area contributed by atoms with Crippen molar-refractivity contribution >= 4 is 18.0 Å². The molecule has 0 spiro atoms. The predicted octanol–water partition coefficient (Wildman–Crippen LogP) is 1.81. The predicted molar refractivity (Wildman–Crippen MR) is 86.2 cm³/mol. The Morgan fingerprint density at radius 2 is 1.83 bits per heavy atom. The Bertz CT molecular complexity index is 596. The van der Waals surface area contributed by atoms with Gasteiger partial charge < -0.3 is 20.5 Å². The van der Waals surface area contributed by atoms with Crippen molar-refractivity contribution in [3.63, 3.8) is 0 Å². The molecule has 1 saturated carbocycles. The molecule has 24 heavy (non-hydrogen) atoms. The van der Waals surface area contributed by atoms with Crippen LogP contribution < -0.4 is 10.6 Å². The van der Waals surface area contributed by atoms with Gasteiger partial charge in [0.1, 0.15) is 18.2 Å². The largest absolute Gasteiger partial charge is 0.480 e. The molecular formula is C17H22N2O5. The van der Waals surface area contributed by atoms with Crippen LogP contribution in [0.4, 0.5) is 4.79 Å². The van der Waals surface area contributed by atoms with Gasteiger partial charge in [-0.1, -0.05) is 43.2 Å². The van der Waals surface area contributed by atoms with E-state index in [0.717, 1.165) is 18.4 Å². The number of hydrogen-bond donors (Lipinski definition) is 3. The van der Waals surface area contributed by atoms with Crippen molar-refractivity contribution in [3.8, 4) is 0 Å². The van der Waals surface area contributed by atoms with Crippen molar-refractivity contribution < 1.29 is 24.2 Å². The van der Waals surface area contributed by atoms with Gasteiger partial charge in [0.25, 0.3) is 0 Å². The van der Waals surface area contributed by atoms with Crippen LogP contribution in [0.25, 0.3) is 0 Å². The van der Waals surface area contributed by atoms with E-state index in [0.29, 0.717) is 12.8 Å². The summed E-state index contributed by atoms with van der Waals surface area (Å²) in [4.78, 5) is 35.4. The molecular weight excluding hydrogens is 312 g/mol. The zero-order chi connectivity index (χ0) is 17.6. The fourth-order valence-corrected chi connectivity index (χ4v) is 2.74. The SMILES string of the molecule is C[C@@H](NC(=O)C1(NC(=O)OCc2ccccc2)CCCC1)C(=O)O. The Kier molecular flexibility index (Phi) is 5.78. The minimum absolute atomic E-state index is 0.107. The van der Waals surface area contributed by atoms with Crippen molar-refractivity contribution in [2.24, 2.45) is 0 Å². The number of nitrogens with one attached hydrogen (secondary N) is 2. The zero-order valence-corrected chi connectivity index (χ0v) is 13.6. The number of carboxylic acids is 1. The van der Waals surface area contributed by atoms with Crippen molar-refractivity contribution in [2.45, 2.75) is 50.8 Å². The molecule has 3 N–H and O–H groups in total. The second kappa shape index (κ2) is 7.81. The number of benzene rings is 1. The Morgan fingerprint density at radius 3 is 2.42 bits per heavy atom. The highest BCUT2D eigenvalue weighted by Gasteiger charge is 2.43. The molecule has 0 heterocycles. The number of carboxylic acid groups (broad SMARTS) is 1. The number of alkyl carbamates (subject to hydrolysis) is 1. The first-order valence-electron chi connectivity index (χ1n) is 7.95. The molecule has 0 radical (unpaired) electrons. The summed E-state index contributed by atoms with van der Waals surface area (Å²) in [6.07, 6.45) is 1.82. The standard InChI is InChI=1S/C17H22N2O5/c1-12(14(20)21)18-15(22)17(9-5-6-10-17)19-16(23)24-11-13-7-3-2-4-8-13/h2-4,7-8,12H,5-6,9-11H2,1H3,(H,18,22)(H,19,23)(H,20,21)/t12-/m1/s1. The summed E-state index contributed by atoms with van der Waals surface area (Å²) in [5.74, 6) is -1.60. The molecule has 1 aromatic carbocycles. The first-order valence-corrected chi connectivity index (χ1v) is 7.95. The smallest absolute Gasteiger partial charge is 0.408 e. The van der Waals surface area contributed by atoms with Gasteiger partial charge in [0.2, 0.25) is 5.91 Å². The maximum absolute atomic E-state index is 12.4. The van der Waals surface area contributed by atoms with Crippen LogP contribution in [0.1, 0.15) is 38.2 Å². The van der Waals surface area contributed by atoms with Gasteiger partial charge in [-0.3, -0.25) is 9.59 Å². The summed E-state index contributed by atoms with van der Waals surface area (Å²) < 4.78 is 5.17. The summed E-state index contributed by atoms with van der Waals surface area (Å²) in [7, 11) is 0. The topological polar surface area (TPSA) is 105 Å². The van der Waals surface area contributed by atoms with Crippen LogP contribution in [0.5, 0.6) is 0 Å². The number of aliphatic carboxylic acids is 1.